The molecule has 1 nitrogen and oxygen atoms in total. The van der Waals surface area contributed by atoms with Gasteiger partial charge >= 0.3 is 167 Å². The van der Waals surface area contributed by atoms with Gasteiger partial charge in [0.2, 0.25) is 0 Å². The Morgan fingerprint density at radius 1 is 0.429 bits per heavy atom. The Hall–Kier alpha value is -3.02. The molecular formula is C26H19AsO. The summed E-state index contributed by atoms with van der Waals surface area (Å²) in [7, 11) is 0. The molecule has 5 aromatic carbocycles. The molecule has 0 N–H and O–H groups in total. The van der Waals surface area contributed by atoms with Crippen LogP contribution in [0.5, 0.6) is 0 Å². The average molecular weight is 422 g/mol. The molecule has 0 spiro atoms. The van der Waals surface area contributed by atoms with Crippen LogP contribution in [0.4, 0.5) is 0 Å². The molecule has 0 radical (unpaired) electrons. The van der Waals surface area contributed by atoms with E-state index in [1.54, 1.807) is 0 Å². The summed E-state index contributed by atoms with van der Waals surface area (Å²) in [5.41, 5.74) is 0. The van der Waals surface area contributed by atoms with Gasteiger partial charge < -0.3 is 0 Å². The molecule has 0 aliphatic heterocycles. The maximum atomic E-state index is 15.1. The van der Waals surface area contributed by atoms with Crippen LogP contribution in [-0.4, -0.2) is 13.5 Å². The van der Waals surface area contributed by atoms with Gasteiger partial charge in [-0.2, -0.15) is 0 Å². The van der Waals surface area contributed by atoms with Gasteiger partial charge in [0.1, 0.15) is 0 Å². The third-order valence-electron chi connectivity index (χ3n) is 5.33. The van der Waals surface area contributed by atoms with Crippen molar-refractivity contribution in [3.05, 3.63) is 115 Å². The molecule has 28 heavy (non-hydrogen) atoms. The summed E-state index contributed by atoms with van der Waals surface area (Å²) in [6, 6.07) is 38.8. The predicted octanol–water partition coefficient (Wildman–Crippen LogP) is 4.39. The molecule has 0 unspecified atom stereocenters. The quantitative estimate of drug-likeness (QED) is 0.394. The van der Waals surface area contributed by atoms with Gasteiger partial charge in [-0.15, -0.1) is 0 Å². The van der Waals surface area contributed by atoms with E-state index in [1.807, 2.05) is 66.7 Å². The first-order valence-corrected chi connectivity index (χ1v) is 13.0. The Kier molecular flexibility index (Phi) is 4.19. The van der Waals surface area contributed by atoms with Crippen LogP contribution < -0.4 is 13.1 Å². The number of fused-ring (bicyclic) bond motifs is 2. The molecule has 0 fully saturated rings. The summed E-state index contributed by atoms with van der Waals surface area (Å²) in [6.45, 7) is 0. The van der Waals surface area contributed by atoms with Gasteiger partial charge in [-0.3, -0.25) is 0 Å². The first-order chi connectivity index (χ1) is 13.8. The molecule has 2 heteroatoms. The van der Waals surface area contributed by atoms with E-state index in [0.29, 0.717) is 0 Å². The number of hydrogen-bond donors (Lipinski definition) is 0. The molecule has 0 atom stereocenters. The fourth-order valence-electron chi connectivity index (χ4n) is 4.01. The molecule has 0 amide bonds. The van der Waals surface area contributed by atoms with Crippen molar-refractivity contribution in [1.82, 2.24) is 0 Å². The SMILES string of the molecule is O=[As](c1ccccc1)(c1cccc2ccccc12)c1cccc2ccccc12. The summed E-state index contributed by atoms with van der Waals surface area (Å²) in [4.78, 5) is 0. The van der Waals surface area contributed by atoms with Crippen molar-refractivity contribution in [2.24, 2.45) is 0 Å². The Morgan fingerprint density at radius 2 is 0.857 bits per heavy atom. The Labute approximate surface area is 166 Å². The number of hydrogen-bond acceptors (Lipinski definition) is 1. The van der Waals surface area contributed by atoms with Gasteiger partial charge in [0, 0.05) is 0 Å². The molecule has 0 aliphatic rings. The van der Waals surface area contributed by atoms with Crippen LogP contribution in [0.2, 0.25) is 0 Å². The van der Waals surface area contributed by atoms with Crippen LogP contribution in [-0.2, 0) is 3.74 Å². The third-order valence-corrected chi connectivity index (χ3v) is 12.0. The Morgan fingerprint density at radius 3 is 1.39 bits per heavy atom. The van der Waals surface area contributed by atoms with Crippen molar-refractivity contribution in [2.75, 3.05) is 0 Å². The van der Waals surface area contributed by atoms with Crippen LogP contribution in [0.1, 0.15) is 0 Å². The zero-order valence-corrected chi connectivity index (χ0v) is 17.2. The molecule has 0 heterocycles. The minimum absolute atomic E-state index is 0.924. The molecule has 0 saturated carbocycles. The van der Waals surface area contributed by atoms with Crippen molar-refractivity contribution in [1.29, 1.82) is 0 Å². The zero-order chi connectivity index (χ0) is 19.0. The van der Waals surface area contributed by atoms with Gasteiger partial charge in [-0.25, -0.2) is 0 Å². The predicted molar refractivity (Wildman–Crippen MR) is 120 cm³/mol. The van der Waals surface area contributed by atoms with E-state index >= 15 is 3.74 Å². The number of benzene rings is 5. The molecule has 0 bridgehead atoms. The van der Waals surface area contributed by atoms with Crippen molar-refractivity contribution in [3.63, 3.8) is 0 Å². The van der Waals surface area contributed by atoms with Crippen LogP contribution in [0.3, 0.4) is 0 Å². The van der Waals surface area contributed by atoms with Crippen LogP contribution in [0.25, 0.3) is 21.5 Å². The van der Waals surface area contributed by atoms with Gasteiger partial charge in [-0.05, 0) is 0 Å². The van der Waals surface area contributed by atoms with Crippen LogP contribution >= 0.6 is 0 Å². The molecular weight excluding hydrogens is 403 g/mol. The first-order valence-electron chi connectivity index (χ1n) is 9.41. The van der Waals surface area contributed by atoms with Crippen molar-refractivity contribution < 1.29 is 3.74 Å². The average Bonchev–Trinajstić information content (AvgIpc) is 2.78. The molecule has 0 aliphatic carbocycles. The zero-order valence-electron chi connectivity index (χ0n) is 15.3. The first kappa shape index (κ1) is 17.1. The summed E-state index contributed by atoms with van der Waals surface area (Å²) in [6.07, 6.45) is 0. The summed E-state index contributed by atoms with van der Waals surface area (Å²) in [5, 5.41) is 4.39. The van der Waals surface area contributed by atoms with E-state index < -0.39 is 13.5 Å². The molecule has 5 rings (SSSR count). The molecule has 0 saturated heterocycles. The fourth-order valence-corrected chi connectivity index (χ4v) is 10.5. The van der Waals surface area contributed by atoms with Gasteiger partial charge in [0.25, 0.3) is 0 Å². The van der Waals surface area contributed by atoms with E-state index in [4.69, 9.17) is 0 Å². The second-order valence-corrected chi connectivity index (χ2v) is 12.6. The van der Waals surface area contributed by atoms with E-state index in [9.17, 15) is 0 Å². The molecule has 5 aromatic rings. The normalized spacial score (nSPS) is 11.7. The monoisotopic (exact) mass is 422 g/mol. The van der Waals surface area contributed by atoms with Gasteiger partial charge in [0.15, 0.2) is 0 Å². The van der Waals surface area contributed by atoms with Gasteiger partial charge in [-0.1, -0.05) is 0 Å². The fraction of sp³-hybridized carbons (Fsp3) is 0. The van der Waals surface area contributed by atoms with Crippen LogP contribution in [0.15, 0.2) is 115 Å². The minimum atomic E-state index is -3.92. The second-order valence-electron chi connectivity index (χ2n) is 6.94. The van der Waals surface area contributed by atoms with Crippen molar-refractivity contribution in [3.8, 4) is 0 Å². The van der Waals surface area contributed by atoms with Crippen molar-refractivity contribution >= 4 is 48.1 Å². The second kappa shape index (κ2) is 6.85. The van der Waals surface area contributed by atoms with Gasteiger partial charge in [0.05, 0.1) is 0 Å². The third kappa shape index (κ3) is 2.63. The Balaban J connectivity index is 1.94. The Bertz CT molecular complexity index is 1240. The van der Waals surface area contributed by atoms with Crippen molar-refractivity contribution in [2.45, 2.75) is 0 Å². The summed E-state index contributed by atoms with van der Waals surface area (Å²) >= 11 is -3.92. The van der Waals surface area contributed by atoms with E-state index in [1.165, 1.54) is 0 Å². The van der Waals surface area contributed by atoms with E-state index in [-0.39, 0.29) is 0 Å². The standard InChI is InChI=1S/C26H19AsO/c28-27(22-14-2-1-3-15-22,25-18-8-12-20-10-4-6-16-23(20)25)26-19-9-13-21-11-5-7-17-24(21)26/h1-19H. The topological polar surface area (TPSA) is 17.1 Å². The van der Waals surface area contributed by atoms with E-state index in [0.717, 1.165) is 34.6 Å². The van der Waals surface area contributed by atoms with Crippen LogP contribution in [0, 0.1) is 0 Å². The summed E-state index contributed by atoms with van der Waals surface area (Å²) < 4.78 is 17.9. The number of rotatable bonds is 3. The summed E-state index contributed by atoms with van der Waals surface area (Å²) in [5.74, 6) is 0. The molecule has 0 aromatic heterocycles. The van der Waals surface area contributed by atoms with E-state index in [2.05, 4.69) is 48.5 Å². The molecule has 134 valence electrons. The maximum absolute atomic E-state index is 15.1.